The maximum absolute atomic E-state index is 14.4. The molecule has 0 fully saturated rings. The first kappa shape index (κ1) is 16.0. The van der Waals surface area contributed by atoms with Gasteiger partial charge in [0.25, 0.3) is 0 Å². The molecule has 0 aliphatic heterocycles. The number of nitrogens with two attached hydrogens (primary N) is 1. The molecule has 3 nitrogen and oxygen atoms in total. The van der Waals surface area contributed by atoms with E-state index < -0.39 is 5.82 Å². The van der Waals surface area contributed by atoms with E-state index in [9.17, 15) is 4.39 Å². The molecule has 0 aromatic heterocycles. The fraction of sp³-hybridized carbons (Fsp3) is 0.133. The van der Waals surface area contributed by atoms with Crippen LogP contribution in [0.3, 0.4) is 0 Å². The van der Waals surface area contributed by atoms with Gasteiger partial charge in [0.15, 0.2) is 5.82 Å². The summed E-state index contributed by atoms with van der Waals surface area (Å²) in [7, 11) is 1.82. The Morgan fingerprint density at radius 1 is 1.24 bits per heavy atom. The van der Waals surface area contributed by atoms with E-state index >= 15 is 0 Å². The van der Waals surface area contributed by atoms with Crippen molar-refractivity contribution in [1.82, 2.24) is 0 Å². The maximum Gasteiger partial charge on any atom is 0.161 e. The van der Waals surface area contributed by atoms with Crippen molar-refractivity contribution in [2.24, 2.45) is 5.73 Å². The maximum atomic E-state index is 14.4. The Labute approximate surface area is 139 Å². The average Bonchev–Trinajstić information content (AvgIpc) is 2.43. The molecule has 0 radical (unpaired) electrons. The highest BCUT2D eigenvalue weighted by atomic mass is 79.9. The first-order valence-corrected chi connectivity index (χ1v) is 7.77. The van der Waals surface area contributed by atoms with Gasteiger partial charge in [-0.05, 0) is 39.7 Å². The number of hydrogen-bond donors (Lipinski definition) is 2. The third-order valence-corrected chi connectivity index (χ3v) is 4.68. The lowest BCUT2D eigenvalue weighted by Crippen LogP contribution is -2.19. The van der Waals surface area contributed by atoms with Gasteiger partial charge in [-0.25, -0.2) is 4.39 Å². The minimum atomic E-state index is -0.419. The number of benzene rings is 2. The fourth-order valence-corrected chi connectivity index (χ4v) is 2.97. The van der Waals surface area contributed by atoms with Gasteiger partial charge in [-0.3, -0.25) is 5.41 Å². The lowest BCUT2D eigenvalue weighted by Gasteiger charge is -2.22. The number of amidine groups is 1. The van der Waals surface area contributed by atoms with Crippen LogP contribution in [0, 0.1) is 11.2 Å². The van der Waals surface area contributed by atoms with E-state index in [-0.39, 0.29) is 10.3 Å². The van der Waals surface area contributed by atoms with Crippen LogP contribution in [0.1, 0.15) is 11.1 Å². The number of anilines is 1. The van der Waals surface area contributed by atoms with Crippen LogP contribution in [0.25, 0.3) is 0 Å². The zero-order valence-corrected chi connectivity index (χ0v) is 14.5. The predicted octanol–water partition coefficient (Wildman–Crippen LogP) is 4.27. The summed E-state index contributed by atoms with van der Waals surface area (Å²) in [5.74, 6) is -0.585. The lowest BCUT2D eigenvalue weighted by atomic mass is 10.1. The molecular weight excluding hydrogens is 401 g/mol. The van der Waals surface area contributed by atoms with Crippen LogP contribution in [-0.2, 0) is 6.54 Å². The standard InChI is InChI=1S/C15H14Br2FN3/c1-21(8-9-4-2-3-5-11(9)16)12-7-6-10(15(19)20)13(17)14(12)18/h2-7H,8H2,1H3,(H3,19,20). The van der Waals surface area contributed by atoms with Gasteiger partial charge < -0.3 is 10.6 Å². The van der Waals surface area contributed by atoms with Crippen molar-refractivity contribution in [2.45, 2.75) is 6.54 Å². The largest absolute Gasteiger partial charge is 0.384 e. The molecule has 2 aromatic rings. The summed E-state index contributed by atoms with van der Waals surface area (Å²) in [6.45, 7) is 0.560. The van der Waals surface area contributed by atoms with Crippen LogP contribution in [-0.4, -0.2) is 12.9 Å². The Bertz CT molecular complexity index is 689. The molecule has 2 aromatic carbocycles. The molecule has 0 aliphatic carbocycles. The third kappa shape index (κ3) is 3.44. The van der Waals surface area contributed by atoms with Crippen molar-refractivity contribution in [2.75, 3.05) is 11.9 Å². The van der Waals surface area contributed by atoms with Gasteiger partial charge in [-0.1, -0.05) is 34.1 Å². The van der Waals surface area contributed by atoms with Gasteiger partial charge in [0.2, 0.25) is 0 Å². The average molecular weight is 415 g/mol. The van der Waals surface area contributed by atoms with Gasteiger partial charge in [0.1, 0.15) is 5.84 Å². The summed E-state index contributed by atoms with van der Waals surface area (Å²) >= 11 is 6.65. The van der Waals surface area contributed by atoms with Crippen LogP contribution in [0.4, 0.5) is 10.1 Å². The van der Waals surface area contributed by atoms with E-state index in [1.165, 1.54) is 0 Å². The molecule has 0 amide bonds. The summed E-state index contributed by atoms with van der Waals surface area (Å²) in [5, 5.41) is 7.42. The Balaban J connectivity index is 2.32. The van der Waals surface area contributed by atoms with E-state index in [1.807, 2.05) is 36.2 Å². The van der Waals surface area contributed by atoms with Crippen molar-refractivity contribution >= 4 is 43.4 Å². The normalized spacial score (nSPS) is 10.5. The van der Waals surface area contributed by atoms with Gasteiger partial charge in [-0.15, -0.1) is 0 Å². The van der Waals surface area contributed by atoms with Crippen molar-refractivity contribution in [3.63, 3.8) is 0 Å². The number of halogens is 3. The van der Waals surface area contributed by atoms with Crippen LogP contribution in [0.2, 0.25) is 0 Å². The molecule has 0 bridgehead atoms. The van der Waals surface area contributed by atoms with Gasteiger partial charge in [-0.2, -0.15) is 0 Å². The Hall–Kier alpha value is -1.40. The van der Waals surface area contributed by atoms with Crippen molar-refractivity contribution in [1.29, 1.82) is 5.41 Å². The number of nitrogen functional groups attached to an aromatic ring is 1. The van der Waals surface area contributed by atoms with E-state index in [1.54, 1.807) is 12.1 Å². The summed E-state index contributed by atoms with van der Waals surface area (Å²) in [5.41, 5.74) is 7.28. The molecule has 0 atom stereocenters. The molecule has 0 unspecified atom stereocenters. The summed E-state index contributed by atoms with van der Waals surface area (Å²) in [6.07, 6.45) is 0. The first-order chi connectivity index (χ1) is 9.91. The second-order valence-corrected chi connectivity index (χ2v) is 6.27. The second kappa shape index (κ2) is 6.58. The highest BCUT2D eigenvalue weighted by molar-refractivity contribution is 9.10. The SMILES string of the molecule is CN(Cc1ccccc1Br)c1ccc(C(=N)N)c(Br)c1F. The molecule has 3 N–H and O–H groups in total. The lowest BCUT2D eigenvalue weighted by molar-refractivity contribution is 0.615. The van der Waals surface area contributed by atoms with Gasteiger partial charge in [0, 0.05) is 23.6 Å². The highest BCUT2D eigenvalue weighted by Gasteiger charge is 2.16. The zero-order valence-electron chi connectivity index (χ0n) is 11.3. The van der Waals surface area contributed by atoms with Crippen molar-refractivity contribution in [3.8, 4) is 0 Å². The molecular formula is C15H14Br2FN3. The Morgan fingerprint density at radius 3 is 2.52 bits per heavy atom. The highest BCUT2D eigenvalue weighted by Crippen LogP contribution is 2.30. The molecule has 0 aliphatic rings. The number of rotatable bonds is 4. The third-order valence-electron chi connectivity index (χ3n) is 3.13. The van der Waals surface area contributed by atoms with E-state index in [0.29, 0.717) is 17.8 Å². The number of nitrogens with zero attached hydrogens (tertiary/aromatic N) is 1. The van der Waals surface area contributed by atoms with E-state index in [0.717, 1.165) is 10.0 Å². The van der Waals surface area contributed by atoms with Crippen LogP contribution in [0.5, 0.6) is 0 Å². The molecule has 21 heavy (non-hydrogen) atoms. The van der Waals surface area contributed by atoms with Crippen LogP contribution >= 0.6 is 31.9 Å². The van der Waals surface area contributed by atoms with Gasteiger partial charge >= 0.3 is 0 Å². The topological polar surface area (TPSA) is 53.1 Å². The Kier molecular flexibility index (Phi) is 5.00. The minimum Gasteiger partial charge on any atom is -0.384 e. The monoisotopic (exact) mass is 413 g/mol. The van der Waals surface area contributed by atoms with Crippen molar-refractivity contribution in [3.05, 3.63) is 62.3 Å². The number of nitrogens with one attached hydrogen (secondary N) is 1. The molecule has 2 rings (SSSR count). The minimum absolute atomic E-state index is 0.166. The summed E-state index contributed by atoms with van der Waals surface area (Å²) < 4.78 is 15.6. The Morgan fingerprint density at radius 2 is 1.90 bits per heavy atom. The van der Waals surface area contributed by atoms with Gasteiger partial charge in [0.05, 0.1) is 10.2 Å². The smallest absolute Gasteiger partial charge is 0.161 e. The molecule has 0 saturated carbocycles. The van der Waals surface area contributed by atoms with E-state index in [2.05, 4.69) is 31.9 Å². The molecule has 110 valence electrons. The quantitative estimate of drug-likeness (QED) is 0.579. The molecule has 6 heteroatoms. The fourth-order valence-electron chi connectivity index (χ4n) is 2.01. The molecule has 0 heterocycles. The first-order valence-electron chi connectivity index (χ1n) is 6.18. The summed E-state index contributed by atoms with van der Waals surface area (Å²) in [6, 6.07) is 11.1. The molecule has 0 spiro atoms. The van der Waals surface area contributed by atoms with E-state index in [4.69, 9.17) is 11.1 Å². The summed E-state index contributed by atoms with van der Waals surface area (Å²) in [4.78, 5) is 1.81. The zero-order chi connectivity index (χ0) is 15.6. The van der Waals surface area contributed by atoms with Crippen molar-refractivity contribution < 1.29 is 4.39 Å². The second-order valence-electron chi connectivity index (χ2n) is 4.62. The number of hydrogen-bond acceptors (Lipinski definition) is 2. The molecule has 0 saturated heterocycles. The van der Waals surface area contributed by atoms with Crippen LogP contribution in [0.15, 0.2) is 45.3 Å². The predicted molar refractivity (Wildman–Crippen MR) is 91.4 cm³/mol. The van der Waals surface area contributed by atoms with Crippen LogP contribution < -0.4 is 10.6 Å².